The number of fused-ring (bicyclic) bond motifs is 1. The molecule has 112 valence electrons. The third-order valence-corrected chi connectivity index (χ3v) is 4.76. The molecule has 0 bridgehead atoms. The Morgan fingerprint density at radius 3 is 2.81 bits per heavy atom. The molecule has 2 aromatic heterocycles. The van der Waals surface area contributed by atoms with Crippen LogP contribution in [0.5, 0.6) is 0 Å². The molecule has 2 atom stereocenters. The monoisotopic (exact) mass is 304 g/mol. The van der Waals surface area contributed by atoms with E-state index in [0.29, 0.717) is 17.6 Å². The predicted molar refractivity (Wildman–Crippen MR) is 83.2 cm³/mol. The molecule has 3 rings (SSSR count). The number of carbonyl (C=O) groups is 1. The highest BCUT2D eigenvalue weighted by Gasteiger charge is 2.25. The molecule has 3 heterocycles. The van der Waals surface area contributed by atoms with Crippen LogP contribution in [0.25, 0.3) is 5.65 Å². The summed E-state index contributed by atoms with van der Waals surface area (Å²) in [6, 6.07) is 5.78. The van der Waals surface area contributed by atoms with Gasteiger partial charge in [-0.3, -0.25) is 9.20 Å². The number of carbonyl (C=O) groups excluding carboxylic acids is 1. The largest absolute Gasteiger partial charge is 0.341 e. The van der Waals surface area contributed by atoms with Gasteiger partial charge < -0.3 is 4.90 Å². The molecule has 2 aromatic rings. The summed E-state index contributed by atoms with van der Waals surface area (Å²) in [4.78, 5) is 14.4. The number of nitrogens with zero attached hydrogens (tertiary/aromatic N) is 4. The molecule has 1 saturated heterocycles. The fourth-order valence-electron chi connectivity index (χ4n) is 3.00. The van der Waals surface area contributed by atoms with Crippen LogP contribution in [0.15, 0.2) is 29.6 Å². The van der Waals surface area contributed by atoms with E-state index in [1.54, 1.807) is 0 Å². The van der Waals surface area contributed by atoms with E-state index in [1.165, 1.54) is 18.2 Å². The topological polar surface area (TPSA) is 50.5 Å². The van der Waals surface area contributed by atoms with Crippen LogP contribution in [-0.2, 0) is 4.79 Å². The number of thioether (sulfide) groups is 1. The molecule has 0 aromatic carbocycles. The lowest BCUT2D eigenvalue weighted by atomic mass is 9.92. The first-order valence-electron chi connectivity index (χ1n) is 7.34. The van der Waals surface area contributed by atoms with Crippen LogP contribution < -0.4 is 0 Å². The van der Waals surface area contributed by atoms with E-state index in [-0.39, 0.29) is 5.91 Å². The van der Waals surface area contributed by atoms with Crippen molar-refractivity contribution in [2.45, 2.75) is 25.4 Å². The van der Waals surface area contributed by atoms with Crippen LogP contribution in [0.1, 0.15) is 20.3 Å². The zero-order chi connectivity index (χ0) is 14.8. The molecule has 6 heteroatoms. The summed E-state index contributed by atoms with van der Waals surface area (Å²) >= 11 is 1.46. The van der Waals surface area contributed by atoms with Gasteiger partial charge in [-0.2, -0.15) is 0 Å². The van der Waals surface area contributed by atoms with E-state index < -0.39 is 0 Å². The zero-order valence-electron chi connectivity index (χ0n) is 12.4. The van der Waals surface area contributed by atoms with E-state index in [4.69, 9.17) is 0 Å². The Labute approximate surface area is 128 Å². The number of pyridine rings is 1. The number of hydrogen-bond donors (Lipinski definition) is 0. The third-order valence-electron chi connectivity index (χ3n) is 3.83. The van der Waals surface area contributed by atoms with E-state index in [0.717, 1.165) is 23.9 Å². The van der Waals surface area contributed by atoms with Crippen molar-refractivity contribution in [3.63, 3.8) is 0 Å². The molecule has 0 saturated carbocycles. The number of hydrogen-bond acceptors (Lipinski definition) is 4. The van der Waals surface area contributed by atoms with Gasteiger partial charge in [-0.25, -0.2) is 0 Å². The van der Waals surface area contributed by atoms with Crippen LogP contribution in [-0.4, -0.2) is 44.2 Å². The minimum absolute atomic E-state index is 0.200. The summed E-state index contributed by atoms with van der Waals surface area (Å²) < 4.78 is 1.92. The van der Waals surface area contributed by atoms with Crippen molar-refractivity contribution in [2.24, 2.45) is 11.8 Å². The molecule has 1 fully saturated rings. The molecule has 5 nitrogen and oxygen atoms in total. The van der Waals surface area contributed by atoms with Crippen molar-refractivity contribution >= 4 is 23.3 Å². The van der Waals surface area contributed by atoms with E-state index >= 15 is 0 Å². The van der Waals surface area contributed by atoms with Gasteiger partial charge in [0.1, 0.15) is 0 Å². The molecule has 2 unspecified atom stereocenters. The van der Waals surface area contributed by atoms with Crippen molar-refractivity contribution in [3.8, 4) is 0 Å². The average Bonchev–Trinajstić information content (AvgIpc) is 2.87. The van der Waals surface area contributed by atoms with Gasteiger partial charge in [-0.15, -0.1) is 10.2 Å². The highest BCUT2D eigenvalue weighted by molar-refractivity contribution is 7.99. The SMILES string of the molecule is CC1CC(C)CN(C(=O)CSc2nnc3ccccn23)C1. The summed E-state index contributed by atoms with van der Waals surface area (Å²) in [7, 11) is 0. The molecular formula is C15H20N4OS. The minimum atomic E-state index is 0.200. The number of aromatic nitrogens is 3. The molecule has 0 N–H and O–H groups in total. The first-order chi connectivity index (χ1) is 10.1. The standard InChI is InChI=1S/C15H20N4OS/c1-11-7-12(2)9-18(8-11)14(20)10-21-15-17-16-13-5-3-4-6-19(13)15/h3-6,11-12H,7-10H2,1-2H3. The maximum absolute atomic E-state index is 12.4. The Morgan fingerprint density at radius 1 is 1.29 bits per heavy atom. The molecule has 0 spiro atoms. The van der Waals surface area contributed by atoms with Crippen LogP contribution in [0.2, 0.25) is 0 Å². The van der Waals surface area contributed by atoms with Crippen molar-refractivity contribution in [1.82, 2.24) is 19.5 Å². The quantitative estimate of drug-likeness (QED) is 0.817. The number of piperidine rings is 1. The van der Waals surface area contributed by atoms with E-state index in [1.807, 2.05) is 33.7 Å². The summed E-state index contributed by atoms with van der Waals surface area (Å²) in [6.07, 6.45) is 3.14. The Hall–Kier alpha value is -1.56. The van der Waals surface area contributed by atoms with Crippen LogP contribution in [0.4, 0.5) is 0 Å². The fourth-order valence-corrected chi connectivity index (χ4v) is 3.83. The van der Waals surface area contributed by atoms with Gasteiger partial charge in [-0.05, 0) is 30.4 Å². The normalized spacial score (nSPS) is 22.7. The summed E-state index contributed by atoms with van der Waals surface area (Å²) in [5.74, 6) is 1.81. The molecule has 1 aliphatic heterocycles. The van der Waals surface area contributed by atoms with Gasteiger partial charge in [0.15, 0.2) is 10.8 Å². The van der Waals surface area contributed by atoms with Crippen molar-refractivity contribution in [1.29, 1.82) is 0 Å². The lowest BCUT2D eigenvalue weighted by molar-refractivity contribution is -0.130. The van der Waals surface area contributed by atoms with Gasteiger partial charge in [0, 0.05) is 19.3 Å². The maximum Gasteiger partial charge on any atom is 0.233 e. The zero-order valence-corrected chi connectivity index (χ0v) is 13.2. The molecule has 0 radical (unpaired) electrons. The number of likely N-dealkylation sites (tertiary alicyclic amines) is 1. The number of amides is 1. The third kappa shape index (κ3) is 3.20. The van der Waals surface area contributed by atoms with E-state index in [9.17, 15) is 4.79 Å². The van der Waals surface area contributed by atoms with Gasteiger partial charge in [0.05, 0.1) is 5.75 Å². The highest BCUT2D eigenvalue weighted by Crippen LogP contribution is 2.23. The lowest BCUT2D eigenvalue weighted by Crippen LogP contribution is -2.43. The first-order valence-corrected chi connectivity index (χ1v) is 8.32. The molecule has 0 aliphatic carbocycles. The Morgan fingerprint density at radius 2 is 2.05 bits per heavy atom. The second kappa shape index (κ2) is 6.05. The second-order valence-electron chi connectivity index (χ2n) is 5.94. The average molecular weight is 304 g/mol. The van der Waals surface area contributed by atoms with Crippen molar-refractivity contribution < 1.29 is 4.79 Å². The summed E-state index contributed by atoms with van der Waals surface area (Å²) in [6.45, 7) is 6.19. The van der Waals surface area contributed by atoms with Gasteiger partial charge >= 0.3 is 0 Å². The molecular weight excluding hydrogens is 284 g/mol. The predicted octanol–water partition coefficient (Wildman–Crippen LogP) is 2.33. The smallest absolute Gasteiger partial charge is 0.233 e. The lowest BCUT2D eigenvalue weighted by Gasteiger charge is -2.34. The Balaban J connectivity index is 1.63. The van der Waals surface area contributed by atoms with Crippen molar-refractivity contribution in [2.75, 3.05) is 18.8 Å². The van der Waals surface area contributed by atoms with Crippen molar-refractivity contribution in [3.05, 3.63) is 24.4 Å². The minimum Gasteiger partial charge on any atom is -0.341 e. The van der Waals surface area contributed by atoms with Crippen LogP contribution in [0.3, 0.4) is 0 Å². The fraction of sp³-hybridized carbons (Fsp3) is 0.533. The number of rotatable bonds is 3. The van der Waals surface area contributed by atoms with Gasteiger partial charge in [0.2, 0.25) is 5.91 Å². The summed E-state index contributed by atoms with van der Waals surface area (Å²) in [5.41, 5.74) is 0.813. The molecule has 1 amide bonds. The first kappa shape index (κ1) is 14.4. The summed E-state index contributed by atoms with van der Waals surface area (Å²) in [5, 5.41) is 9.02. The van der Waals surface area contributed by atoms with Crippen LogP contribution in [0, 0.1) is 11.8 Å². The highest BCUT2D eigenvalue weighted by atomic mass is 32.2. The maximum atomic E-state index is 12.4. The molecule has 21 heavy (non-hydrogen) atoms. The van der Waals surface area contributed by atoms with Gasteiger partial charge in [0.25, 0.3) is 0 Å². The Bertz CT molecular complexity index is 631. The van der Waals surface area contributed by atoms with E-state index in [2.05, 4.69) is 24.0 Å². The second-order valence-corrected chi connectivity index (χ2v) is 6.89. The van der Waals surface area contributed by atoms with Crippen LogP contribution >= 0.6 is 11.8 Å². The Kier molecular flexibility index (Phi) is 4.14. The molecule has 1 aliphatic rings. The van der Waals surface area contributed by atoms with Gasteiger partial charge in [-0.1, -0.05) is 31.7 Å².